The van der Waals surface area contributed by atoms with E-state index in [4.69, 9.17) is 10.2 Å². The van der Waals surface area contributed by atoms with Crippen LogP contribution in [0.4, 0.5) is 0 Å². The highest BCUT2D eigenvalue weighted by Crippen LogP contribution is 2.04. The maximum Gasteiger partial charge on any atom is 0.305 e. The quantitative estimate of drug-likeness (QED) is 0.472. The minimum Gasteiger partial charge on any atom is -0.481 e. The third kappa shape index (κ3) is 7.28. The third-order valence-corrected chi connectivity index (χ3v) is 1.55. The molecule has 0 spiro atoms. The number of aliphatic hydroxyl groups excluding tert-OH is 1. The number of allylic oxidation sites excluding steroid dienone is 2. The van der Waals surface area contributed by atoms with Gasteiger partial charge in [0, 0.05) is 0 Å². The topological polar surface area (TPSA) is 57.5 Å². The number of carboxylic acids is 1. The molecule has 0 heterocycles. The van der Waals surface area contributed by atoms with E-state index in [2.05, 4.69) is 0 Å². The van der Waals surface area contributed by atoms with Crippen LogP contribution in [-0.4, -0.2) is 22.3 Å². The molecule has 12 heavy (non-hydrogen) atoms. The van der Waals surface area contributed by atoms with Crippen molar-refractivity contribution in [2.24, 2.45) is 0 Å². The standard InChI is InChI=1S/C9H16O3/c1-2-3-4-5-6-8(10)7-9(11)12/h2-3,8,10H,4-7H2,1H3,(H,11,12)/b3-2+. The van der Waals surface area contributed by atoms with Crippen LogP contribution in [0.25, 0.3) is 0 Å². The molecule has 0 bridgehead atoms. The fourth-order valence-electron chi connectivity index (χ4n) is 0.942. The van der Waals surface area contributed by atoms with Crippen molar-refractivity contribution in [2.75, 3.05) is 0 Å². The molecule has 0 aliphatic rings. The van der Waals surface area contributed by atoms with Crippen LogP contribution in [0.3, 0.4) is 0 Å². The van der Waals surface area contributed by atoms with Gasteiger partial charge >= 0.3 is 5.97 Å². The fraction of sp³-hybridized carbons (Fsp3) is 0.667. The Morgan fingerprint density at radius 3 is 2.75 bits per heavy atom. The van der Waals surface area contributed by atoms with Gasteiger partial charge in [0.1, 0.15) is 0 Å². The summed E-state index contributed by atoms with van der Waals surface area (Å²) in [6.45, 7) is 1.94. The van der Waals surface area contributed by atoms with Crippen LogP contribution in [0.1, 0.15) is 32.6 Å². The summed E-state index contributed by atoms with van der Waals surface area (Å²) < 4.78 is 0. The number of aliphatic carboxylic acids is 1. The molecule has 70 valence electrons. The van der Waals surface area contributed by atoms with Crippen LogP contribution in [0.2, 0.25) is 0 Å². The monoisotopic (exact) mass is 172 g/mol. The summed E-state index contributed by atoms with van der Waals surface area (Å²) in [6, 6.07) is 0. The molecule has 0 amide bonds. The van der Waals surface area contributed by atoms with Crippen LogP contribution >= 0.6 is 0 Å². The highest BCUT2D eigenvalue weighted by Gasteiger charge is 2.07. The number of aliphatic hydroxyl groups is 1. The molecule has 0 fully saturated rings. The second-order valence-electron chi connectivity index (χ2n) is 2.75. The molecule has 2 N–H and O–H groups in total. The fourth-order valence-corrected chi connectivity index (χ4v) is 0.942. The minimum atomic E-state index is -0.937. The Morgan fingerprint density at radius 2 is 2.25 bits per heavy atom. The Morgan fingerprint density at radius 1 is 1.58 bits per heavy atom. The number of carbonyl (C=O) groups is 1. The van der Waals surface area contributed by atoms with Crippen molar-refractivity contribution in [3.05, 3.63) is 12.2 Å². The second-order valence-corrected chi connectivity index (χ2v) is 2.75. The molecule has 3 heteroatoms. The van der Waals surface area contributed by atoms with Crippen LogP contribution in [0, 0.1) is 0 Å². The van der Waals surface area contributed by atoms with Crippen molar-refractivity contribution >= 4 is 5.97 Å². The summed E-state index contributed by atoms with van der Waals surface area (Å²) in [5.74, 6) is -0.937. The molecule has 1 unspecified atom stereocenters. The molecule has 0 aromatic heterocycles. The minimum absolute atomic E-state index is 0.143. The molecule has 0 saturated carbocycles. The molecule has 0 rings (SSSR count). The molecule has 0 radical (unpaired) electrons. The summed E-state index contributed by atoms with van der Waals surface area (Å²) in [5, 5.41) is 17.4. The zero-order chi connectivity index (χ0) is 9.40. The number of hydrogen-bond donors (Lipinski definition) is 2. The van der Waals surface area contributed by atoms with E-state index >= 15 is 0 Å². The number of rotatable bonds is 6. The molecule has 0 aromatic carbocycles. The van der Waals surface area contributed by atoms with Crippen molar-refractivity contribution in [2.45, 2.75) is 38.7 Å². The molecular weight excluding hydrogens is 156 g/mol. The van der Waals surface area contributed by atoms with Gasteiger partial charge in [-0.05, 0) is 26.2 Å². The predicted octanol–water partition coefficient (Wildman–Crippen LogP) is 1.57. The summed E-state index contributed by atoms with van der Waals surface area (Å²) >= 11 is 0. The Labute approximate surface area is 72.7 Å². The summed E-state index contributed by atoms with van der Waals surface area (Å²) in [6.07, 6.45) is 5.45. The number of hydrogen-bond acceptors (Lipinski definition) is 2. The van der Waals surface area contributed by atoms with Gasteiger partial charge < -0.3 is 10.2 Å². The summed E-state index contributed by atoms with van der Waals surface area (Å²) in [5.41, 5.74) is 0. The van der Waals surface area contributed by atoms with E-state index in [-0.39, 0.29) is 6.42 Å². The average Bonchev–Trinajstić information content (AvgIpc) is 1.97. The Bertz CT molecular complexity index is 152. The van der Waals surface area contributed by atoms with Crippen molar-refractivity contribution in [1.82, 2.24) is 0 Å². The van der Waals surface area contributed by atoms with E-state index in [0.717, 1.165) is 12.8 Å². The zero-order valence-electron chi connectivity index (χ0n) is 7.36. The Kier molecular flexibility index (Phi) is 6.38. The zero-order valence-corrected chi connectivity index (χ0v) is 7.36. The van der Waals surface area contributed by atoms with Gasteiger partial charge in [-0.1, -0.05) is 12.2 Å². The van der Waals surface area contributed by atoms with Crippen molar-refractivity contribution in [3.63, 3.8) is 0 Å². The van der Waals surface area contributed by atoms with Crippen molar-refractivity contribution < 1.29 is 15.0 Å². The van der Waals surface area contributed by atoms with Crippen molar-refractivity contribution in [1.29, 1.82) is 0 Å². The highest BCUT2D eigenvalue weighted by atomic mass is 16.4. The van der Waals surface area contributed by atoms with Gasteiger partial charge in [0.05, 0.1) is 12.5 Å². The van der Waals surface area contributed by atoms with Crippen LogP contribution in [0.5, 0.6) is 0 Å². The lowest BCUT2D eigenvalue weighted by Gasteiger charge is -2.05. The van der Waals surface area contributed by atoms with Gasteiger partial charge in [-0.2, -0.15) is 0 Å². The second kappa shape index (κ2) is 6.85. The van der Waals surface area contributed by atoms with Gasteiger partial charge in [0.15, 0.2) is 0 Å². The maximum atomic E-state index is 10.1. The van der Waals surface area contributed by atoms with E-state index in [1.54, 1.807) is 0 Å². The van der Waals surface area contributed by atoms with E-state index < -0.39 is 12.1 Å². The average molecular weight is 172 g/mol. The first kappa shape index (κ1) is 11.2. The normalized spacial score (nSPS) is 13.5. The number of carboxylic acid groups (broad SMARTS) is 1. The largest absolute Gasteiger partial charge is 0.481 e. The molecule has 0 saturated heterocycles. The molecule has 0 aliphatic heterocycles. The lowest BCUT2D eigenvalue weighted by Crippen LogP contribution is -2.12. The molecule has 0 aromatic rings. The van der Waals surface area contributed by atoms with E-state index in [1.165, 1.54) is 0 Å². The Balaban J connectivity index is 3.31. The molecule has 1 atom stereocenters. The SMILES string of the molecule is C/C=C/CCCC(O)CC(=O)O. The lowest BCUT2D eigenvalue weighted by molar-refractivity contribution is -0.139. The molecular formula is C9H16O3. The van der Waals surface area contributed by atoms with Crippen LogP contribution < -0.4 is 0 Å². The van der Waals surface area contributed by atoms with Crippen LogP contribution in [-0.2, 0) is 4.79 Å². The summed E-state index contributed by atoms with van der Waals surface area (Å²) in [4.78, 5) is 10.1. The predicted molar refractivity (Wildman–Crippen MR) is 46.9 cm³/mol. The first-order valence-corrected chi connectivity index (χ1v) is 4.17. The summed E-state index contributed by atoms with van der Waals surface area (Å²) in [7, 11) is 0. The molecule has 0 aliphatic carbocycles. The van der Waals surface area contributed by atoms with Gasteiger partial charge in [0.25, 0.3) is 0 Å². The Hall–Kier alpha value is -0.830. The van der Waals surface area contributed by atoms with Gasteiger partial charge in [-0.15, -0.1) is 0 Å². The number of unbranched alkanes of at least 4 members (excludes halogenated alkanes) is 1. The van der Waals surface area contributed by atoms with Gasteiger partial charge in [-0.3, -0.25) is 4.79 Å². The van der Waals surface area contributed by atoms with E-state index in [9.17, 15) is 4.79 Å². The van der Waals surface area contributed by atoms with Crippen LogP contribution in [0.15, 0.2) is 12.2 Å². The molecule has 3 nitrogen and oxygen atoms in total. The first-order valence-electron chi connectivity index (χ1n) is 4.17. The first-order chi connectivity index (χ1) is 5.66. The lowest BCUT2D eigenvalue weighted by atomic mass is 10.1. The highest BCUT2D eigenvalue weighted by molar-refractivity contribution is 5.67. The maximum absolute atomic E-state index is 10.1. The van der Waals surface area contributed by atoms with E-state index in [0.29, 0.717) is 6.42 Å². The smallest absolute Gasteiger partial charge is 0.305 e. The van der Waals surface area contributed by atoms with Crippen molar-refractivity contribution in [3.8, 4) is 0 Å². The third-order valence-electron chi connectivity index (χ3n) is 1.55. The van der Waals surface area contributed by atoms with E-state index in [1.807, 2.05) is 19.1 Å². The van der Waals surface area contributed by atoms with Gasteiger partial charge in [-0.25, -0.2) is 0 Å². The van der Waals surface area contributed by atoms with Gasteiger partial charge in [0.2, 0.25) is 0 Å².